The van der Waals surface area contributed by atoms with Gasteiger partial charge in [0.25, 0.3) is 0 Å². The van der Waals surface area contributed by atoms with Crippen molar-refractivity contribution < 1.29 is 13.5 Å². The molecule has 7 heteroatoms. The summed E-state index contributed by atoms with van der Waals surface area (Å²) < 4.78 is 27.2. The van der Waals surface area contributed by atoms with Crippen molar-refractivity contribution in [2.24, 2.45) is 0 Å². The molecule has 0 aliphatic carbocycles. The third-order valence-electron chi connectivity index (χ3n) is 2.55. The van der Waals surface area contributed by atoms with E-state index < -0.39 is 10.0 Å². The average Bonchev–Trinajstić information content (AvgIpc) is 2.70. The van der Waals surface area contributed by atoms with Crippen LogP contribution in [-0.2, 0) is 16.6 Å². The Morgan fingerprint density at radius 3 is 2.67 bits per heavy atom. The first kappa shape index (κ1) is 16.0. The summed E-state index contributed by atoms with van der Waals surface area (Å²) >= 11 is 2.93. The summed E-state index contributed by atoms with van der Waals surface area (Å²) in [5.41, 5.74) is 0. The van der Waals surface area contributed by atoms with Crippen LogP contribution in [0.3, 0.4) is 0 Å². The predicted molar refractivity (Wildman–Crippen MR) is 77.8 cm³/mol. The van der Waals surface area contributed by atoms with Gasteiger partial charge in [0.05, 0.1) is 11.5 Å². The molecule has 104 valence electrons. The lowest BCUT2D eigenvalue weighted by atomic mass is 10.3. The number of thioether (sulfide) groups is 1. The molecular formula is C11H19NO3S3. The molecule has 0 aliphatic rings. The molecule has 18 heavy (non-hydrogen) atoms. The van der Waals surface area contributed by atoms with Crippen molar-refractivity contribution in [2.45, 2.75) is 37.8 Å². The number of aliphatic hydroxyl groups is 1. The second-order valence-electron chi connectivity index (χ2n) is 3.97. The zero-order valence-corrected chi connectivity index (χ0v) is 13.2. The van der Waals surface area contributed by atoms with E-state index in [0.717, 1.165) is 12.2 Å². The van der Waals surface area contributed by atoms with E-state index >= 15 is 0 Å². The minimum atomic E-state index is -3.48. The van der Waals surface area contributed by atoms with Crippen LogP contribution in [0.4, 0.5) is 0 Å². The third kappa shape index (κ3) is 3.96. The first-order valence-electron chi connectivity index (χ1n) is 5.66. The number of aryl methyl sites for hydroxylation is 1. The number of aliphatic hydroxyl groups excluding tert-OH is 1. The van der Waals surface area contributed by atoms with Gasteiger partial charge >= 0.3 is 0 Å². The van der Waals surface area contributed by atoms with Crippen LogP contribution in [0.2, 0.25) is 0 Å². The van der Waals surface area contributed by atoms with E-state index in [-0.39, 0.29) is 17.5 Å². The minimum Gasteiger partial charge on any atom is -0.391 e. The Labute approximate surface area is 117 Å². The maximum absolute atomic E-state index is 12.2. The van der Waals surface area contributed by atoms with E-state index in [1.807, 2.05) is 13.2 Å². The quantitative estimate of drug-likeness (QED) is 0.808. The fourth-order valence-electron chi connectivity index (χ4n) is 1.59. The van der Waals surface area contributed by atoms with Gasteiger partial charge in [-0.05, 0) is 25.7 Å². The monoisotopic (exact) mass is 309 g/mol. The molecule has 0 saturated heterocycles. The SMILES string of the molecule is CCC(CSC)NS(=O)(=O)c1cc(CO)sc1C. The Balaban J connectivity index is 2.94. The van der Waals surface area contributed by atoms with Gasteiger partial charge in [0.2, 0.25) is 10.0 Å². The highest BCUT2D eigenvalue weighted by atomic mass is 32.2. The van der Waals surface area contributed by atoms with Crippen LogP contribution in [0.5, 0.6) is 0 Å². The van der Waals surface area contributed by atoms with Crippen LogP contribution < -0.4 is 4.72 Å². The molecular weight excluding hydrogens is 290 g/mol. The Morgan fingerprint density at radius 1 is 1.56 bits per heavy atom. The first-order chi connectivity index (χ1) is 8.44. The molecule has 0 aliphatic heterocycles. The van der Waals surface area contributed by atoms with Crippen molar-refractivity contribution >= 4 is 33.1 Å². The summed E-state index contributed by atoms with van der Waals surface area (Å²) in [6.07, 6.45) is 2.72. The molecule has 1 atom stereocenters. The highest BCUT2D eigenvalue weighted by Crippen LogP contribution is 2.26. The summed E-state index contributed by atoms with van der Waals surface area (Å²) in [6, 6.07) is 1.50. The van der Waals surface area contributed by atoms with Gasteiger partial charge in [0.1, 0.15) is 0 Å². The van der Waals surface area contributed by atoms with Gasteiger partial charge in [-0.1, -0.05) is 6.92 Å². The molecule has 1 heterocycles. The molecule has 0 amide bonds. The number of sulfonamides is 1. The number of nitrogens with one attached hydrogen (secondary N) is 1. The molecule has 0 spiro atoms. The van der Waals surface area contributed by atoms with Gasteiger partial charge < -0.3 is 5.11 Å². The minimum absolute atomic E-state index is 0.0538. The molecule has 0 radical (unpaired) electrons. The lowest BCUT2D eigenvalue weighted by molar-refractivity contribution is 0.285. The van der Waals surface area contributed by atoms with Gasteiger partial charge in [-0.2, -0.15) is 11.8 Å². The van der Waals surface area contributed by atoms with Gasteiger partial charge in [-0.3, -0.25) is 0 Å². The van der Waals surface area contributed by atoms with Gasteiger partial charge in [0, 0.05) is 21.5 Å². The fraction of sp³-hybridized carbons (Fsp3) is 0.636. The highest BCUT2D eigenvalue weighted by Gasteiger charge is 2.22. The molecule has 0 fully saturated rings. The lowest BCUT2D eigenvalue weighted by Gasteiger charge is -2.15. The van der Waals surface area contributed by atoms with E-state index in [1.165, 1.54) is 11.3 Å². The Kier molecular flexibility index (Phi) is 6.13. The molecule has 4 nitrogen and oxygen atoms in total. The summed E-state index contributed by atoms with van der Waals surface area (Å²) in [5, 5.41) is 9.05. The maximum atomic E-state index is 12.2. The summed E-state index contributed by atoms with van der Waals surface area (Å²) in [5.74, 6) is 0.756. The van der Waals surface area contributed by atoms with Crippen LogP contribution in [0.25, 0.3) is 0 Å². The predicted octanol–water partition coefficient (Wildman–Crippen LogP) is 1.97. The van der Waals surface area contributed by atoms with Crippen molar-refractivity contribution in [1.29, 1.82) is 0 Å². The number of thiophene rings is 1. The summed E-state index contributed by atoms with van der Waals surface area (Å²) in [6.45, 7) is 3.60. The van der Waals surface area contributed by atoms with Gasteiger partial charge in [-0.15, -0.1) is 11.3 Å². The third-order valence-corrected chi connectivity index (χ3v) is 6.10. The van der Waals surface area contributed by atoms with Crippen LogP contribution >= 0.6 is 23.1 Å². The zero-order valence-electron chi connectivity index (χ0n) is 10.8. The Bertz CT molecular complexity index is 482. The van der Waals surface area contributed by atoms with E-state index in [9.17, 15) is 8.42 Å². The largest absolute Gasteiger partial charge is 0.391 e. The number of hydrogen-bond acceptors (Lipinski definition) is 5. The normalized spacial score (nSPS) is 13.8. The van der Waals surface area contributed by atoms with Crippen molar-refractivity contribution in [3.63, 3.8) is 0 Å². The van der Waals surface area contributed by atoms with Crippen molar-refractivity contribution in [2.75, 3.05) is 12.0 Å². The molecule has 2 N–H and O–H groups in total. The summed E-state index contributed by atoms with van der Waals surface area (Å²) in [4.78, 5) is 1.67. The summed E-state index contributed by atoms with van der Waals surface area (Å²) in [7, 11) is -3.48. The molecule has 1 aromatic heterocycles. The topological polar surface area (TPSA) is 66.4 Å². The molecule has 0 saturated carbocycles. The molecule has 0 bridgehead atoms. The van der Waals surface area contributed by atoms with Crippen LogP contribution in [-0.4, -0.2) is 31.6 Å². The second-order valence-corrected chi connectivity index (χ2v) is 7.91. The Morgan fingerprint density at radius 2 is 2.22 bits per heavy atom. The molecule has 1 aromatic rings. The van der Waals surface area contributed by atoms with Crippen LogP contribution in [0.15, 0.2) is 11.0 Å². The number of hydrogen-bond donors (Lipinski definition) is 2. The molecule has 1 rings (SSSR count). The average molecular weight is 309 g/mol. The standard InChI is InChI=1S/C11H19NO3S3/c1-4-9(7-16-3)12-18(14,15)11-5-10(6-13)17-8(11)2/h5,9,12-13H,4,6-7H2,1-3H3. The lowest BCUT2D eigenvalue weighted by Crippen LogP contribution is -2.36. The van der Waals surface area contributed by atoms with E-state index in [0.29, 0.717) is 9.75 Å². The zero-order chi connectivity index (χ0) is 13.8. The van der Waals surface area contributed by atoms with E-state index in [2.05, 4.69) is 4.72 Å². The number of rotatable bonds is 7. The second kappa shape index (κ2) is 6.91. The smallest absolute Gasteiger partial charge is 0.241 e. The van der Waals surface area contributed by atoms with Crippen molar-refractivity contribution in [3.05, 3.63) is 15.8 Å². The van der Waals surface area contributed by atoms with Crippen molar-refractivity contribution in [3.8, 4) is 0 Å². The van der Waals surface area contributed by atoms with Crippen LogP contribution in [0, 0.1) is 6.92 Å². The highest BCUT2D eigenvalue weighted by molar-refractivity contribution is 7.98. The molecule has 0 aromatic carbocycles. The van der Waals surface area contributed by atoms with E-state index in [4.69, 9.17) is 5.11 Å². The first-order valence-corrected chi connectivity index (χ1v) is 9.35. The van der Waals surface area contributed by atoms with Gasteiger partial charge in [-0.25, -0.2) is 13.1 Å². The maximum Gasteiger partial charge on any atom is 0.241 e. The fourth-order valence-corrected chi connectivity index (χ4v) is 5.23. The molecule has 1 unspecified atom stereocenters. The Hall–Kier alpha value is -0.0800. The van der Waals surface area contributed by atoms with Crippen LogP contribution in [0.1, 0.15) is 23.1 Å². The van der Waals surface area contributed by atoms with Gasteiger partial charge in [0.15, 0.2) is 0 Å². The van der Waals surface area contributed by atoms with E-state index in [1.54, 1.807) is 24.8 Å². The van der Waals surface area contributed by atoms with Crippen molar-refractivity contribution in [1.82, 2.24) is 4.72 Å².